The number of para-hydroxylation sites is 1. The fraction of sp³-hybridized carbons (Fsp3) is 0. The summed E-state index contributed by atoms with van der Waals surface area (Å²) in [5.41, 5.74) is 7.18. The molecule has 0 atom stereocenters. The van der Waals surface area contributed by atoms with Crippen molar-refractivity contribution in [1.29, 1.82) is 5.41 Å². The van der Waals surface area contributed by atoms with Crippen LogP contribution in [-0.4, -0.2) is 11.0 Å². The Kier molecular flexibility index (Phi) is 3.29. The molecule has 0 saturated carbocycles. The summed E-state index contributed by atoms with van der Waals surface area (Å²) in [6, 6.07) is 13.6. The molecule has 0 saturated heterocycles. The molecule has 0 unspecified atom stereocenters. The molecule has 0 radical (unpaired) electrons. The van der Waals surface area contributed by atoms with E-state index in [1.165, 1.54) is 0 Å². The average Bonchev–Trinajstić information content (AvgIpc) is 2.91. The van der Waals surface area contributed by atoms with E-state index >= 15 is 0 Å². The summed E-state index contributed by atoms with van der Waals surface area (Å²) >= 11 is 5.88. The molecule has 5 nitrogen and oxygen atoms in total. The minimum atomic E-state index is -0.201. The Labute approximate surface area is 125 Å². The van der Waals surface area contributed by atoms with Crippen LogP contribution in [0.25, 0.3) is 11.0 Å². The van der Waals surface area contributed by atoms with Crippen molar-refractivity contribution in [1.82, 2.24) is 0 Å². The summed E-state index contributed by atoms with van der Waals surface area (Å²) in [5, 5.41) is 20.1. The quantitative estimate of drug-likeness (QED) is 0.290. The third-order valence-corrected chi connectivity index (χ3v) is 3.31. The topological polar surface area (TPSA) is 86.5 Å². The van der Waals surface area contributed by atoms with E-state index in [2.05, 4.69) is 0 Å². The largest absolute Gasteiger partial charge is 0.451 e. The van der Waals surface area contributed by atoms with Gasteiger partial charge in [-0.25, -0.2) is 5.06 Å². The van der Waals surface area contributed by atoms with Gasteiger partial charge >= 0.3 is 0 Å². The van der Waals surface area contributed by atoms with E-state index in [9.17, 15) is 5.21 Å². The van der Waals surface area contributed by atoms with E-state index in [0.717, 1.165) is 5.39 Å². The first-order valence-electron chi connectivity index (χ1n) is 6.18. The summed E-state index contributed by atoms with van der Waals surface area (Å²) in [7, 11) is 0. The Balaban J connectivity index is 1.98. The SMILES string of the molecule is N=C(c1cc2cccc(N)c2o1)N(O)c1cccc(Cl)c1. The minimum Gasteiger partial charge on any atom is -0.451 e. The van der Waals surface area contributed by atoms with Gasteiger partial charge < -0.3 is 10.2 Å². The van der Waals surface area contributed by atoms with Crippen LogP contribution in [0.15, 0.2) is 52.9 Å². The zero-order valence-electron chi connectivity index (χ0n) is 10.9. The number of nitrogens with one attached hydrogen (secondary N) is 1. The van der Waals surface area contributed by atoms with E-state index in [-0.39, 0.29) is 11.6 Å². The summed E-state index contributed by atoms with van der Waals surface area (Å²) in [4.78, 5) is 0. The summed E-state index contributed by atoms with van der Waals surface area (Å²) < 4.78 is 5.55. The molecule has 0 aliphatic carbocycles. The van der Waals surface area contributed by atoms with Gasteiger partial charge in [0.1, 0.15) is 0 Å². The highest BCUT2D eigenvalue weighted by molar-refractivity contribution is 6.31. The Morgan fingerprint density at radius 1 is 1.19 bits per heavy atom. The summed E-state index contributed by atoms with van der Waals surface area (Å²) in [6.45, 7) is 0. The van der Waals surface area contributed by atoms with E-state index < -0.39 is 0 Å². The van der Waals surface area contributed by atoms with E-state index in [1.54, 1.807) is 42.5 Å². The molecule has 106 valence electrons. The van der Waals surface area contributed by atoms with Crippen molar-refractivity contribution in [2.24, 2.45) is 0 Å². The number of nitrogens with two attached hydrogens (primary N) is 1. The molecule has 1 aromatic heterocycles. The molecule has 0 fully saturated rings. The molecule has 0 aliphatic rings. The van der Waals surface area contributed by atoms with Crippen molar-refractivity contribution in [3.63, 3.8) is 0 Å². The van der Waals surface area contributed by atoms with Crippen molar-refractivity contribution >= 4 is 39.8 Å². The van der Waals surface area contributed by atoms with Crippen molar-refractivity contribution < 1.29 is 9.62 Å². The molecule has 6 heteroatoms. The molecular weight excluding hydrogens is 290 g/mol. The molecule has 0 amide bonds. The van der Waals surface area contributed by atoms with Crippen LogP contribution in [0.4, 0.5) is 11.4 Å². The van der Waals surface area contributed by atoms with Crippen LogP contribution in [0.5, 0.6) is 0 Å². The molecule has 0 bridgehead atoms. The molecule has 21 heavy (non-hydrogen) atoms. The lowest BCUT2D eigenvalue weighted by atomic mass is 10.2. The first kappa shape index (κ1) is 13.5. The number of anilines is 2. The molecule has 1 heterocycles. The molecule has 3 rings (SSSR count). The van der Waals surface area contributed by atoms with Gasteiger partial charge in [0.05, 0.1) is 11.4 Å². The Morgan fingerprint density at radius 3 is 2.67 bits per heavy atom. The number of benzene rings is 2. The molecular formula is C15H12ClN3O2. The fourth-order valence-electron chi connectivity index (χ4n) is 2.04. The molecule has 4 N–H and O–H groups in total. The Morgan fingerprint density at radius 2 is 1.95 bits per heavy atom. The zero-order valence-corrected chi connectivity index (χ0v) is 11.6. The van der Waals surface area contributed by atoms with Gasteiger partial charge in [-0.1, -0.05) is 29.8 Å². The van der Waals surface area contributed by atoms with Gasteiger partial charge in [-0.05, 0) is 30.3 Å². The van der Waals surface area contributed by atoms with Gasteiger partial charge in [0.25, 0.3) is 0 Å². The molecule has 0 aliphatic heterocycles. The monoisotopic (exact) mass is 301 g/mol. The van der Waals surface area contributed by atoms with Crippen LogP contribution >= 0.6 is 11.6 Å². The van der Waals surface area contributed by atoms with Crippen molar-refractivity contribution in [3.8, 4) is 0 Å². The second kappa shape index (κ2) is 5.12. The van der Waals surface area contributed by atoms with Gasteiger partial charge in [0, 0.05) is 10.4 Å². The van der Waals surface area contributed by atoms with Crippen molar-refractivity contribution in [2.75, 3.05) is 10.8 Å². The van der Waals surface area contributed by atoms with Crippen LogP contribution in [-0.2, 0) is 0 Å². The molecule has 0 spiro atoms. The van der Waals surface area contributed by atoms with Gasteiger partial charge in [0.15, 0.2) is 17.2 Å². The van der Waals surface area contributed by atoms with Crippen LogP contribution < -0.4 is 10.8 Å². The summed E-state index contributed by atoms with van der Waals surface area (Å²) in [5.74, 6) is 0.0123. The number of halogens is 1. The maximum atomic E-state index is 10.1. The second-order valence-corrected chi connectivity index (χ2v) is 4.95. The lowest BCUT2D eigenvalue weighted by molar-refractivity contribution is 0.309. The van der Waals surface area contributed by atoms with Crippen LogP contribution in [0.1, 0.15) is 5.76 Å². The third kappa shape index (κ3) is 2.44. The molecule has 3 aromatic rings. The number of nitrogens with zero attached hydrogens (tertiary/aromatic N) is 1. The summed E-state index contributed by atoms with van der Waals surface area (Å²) in [6.07, 6.45) is 0. The first-order valence-corrected chi connectivity index (χ1v) is 6.55. The smallest absolute Gasteiger partial charge is 0.193 e. The zero-order chi connectivity index (χ0) is 15.0. The number of furan rings is 1. The highest BCUT2D eigenvalue weighted by Gasteiger charge is 2.17. The number of amidine groups is 1. The van der Waals surface area contributed by atoms with Crippen LogP contribution in [0, 0.1) is 5.41 Å². The maximum absolute atomic E-state index is 10.1. The standard InChI is InChI=1S/C15H12ClN3O2/c16-10-4-2-5-11(8-10)19(20)15(18)13-7-9-3-1-6-12(17)14(9)21-13/h1-8,18,20H,17H2. The number of rotatable bonds is 2. The number of fused-ring (bicyclic) bond motifs is 1. The first-order chi connectivity index (χ1) is 10.1. The van der Waals surface area contributed by atoms with Gasteiger partial charge in [-0.2, -0.15) is 0 Å². The van der Waals surface area contributed by atoms with Gasteiger partial charge in [-0.3, -0.25) is 10.6 Å². The lowest BCUT2D eigenvalue weighted by Crippen LogP contribution is -2.26. The predicted molar refractivity (Wildman–Crippen MR) is 83.2 cm³/mol. The Hall–Kier alpha value is -2.50. The van der Waals surface area contributed by atoms with E-state index in [1.807, 2.05) is 6.07 Å². The predicted octanol–water partition coefficient (Wildman–Crippen LogP) is 3.89. The number of hydrogen-bond acceptors (Lipinski definition) is 4. The normalized spacial score (nSPS) is 10.8. The van der Waals surface area contributed by atoms with E-state index in [0.29, 0.717) is 27.0 Å². The molecule has 2 aromatic carbocycles. The Bertz CT molecular complexity index is 829. The van der Waals surface area contributed by atoms with Gasteiger partial charge in [-0.15, -0.1) is 0 Å². The highest BCUT2D eigenvalue weighted by atomic mass is 35.5. The minimum absolute atomic E-state index is 0.201. The lowest BCUT2D eigenvalue weighted by Gasteiger charge is -2.16. The third-order valence-electron chi connectivity index (χ3n) is 3.07. The highest BCUT2D eigenvalue weighted by Crippen LogP contribution is 2.26. The fourth-order valence-corrected chi connectivity index (χ4v) is 2.23. The average molecular weight is 302 g/mol. The number of hydroxylamine groups is 1. The number of hydrogen-bond donors (Lipinski definition) is 3. The van der Waals surface area contributed by atoms with Crippen LogP contribution in [0.3, 0.4) is 0 Å². The van der Waals surface area contributed by atoms with Gasteiger partial charge in [0.2, 0.25) is 0 Å². The van der Waals surface area contributed by atoms with Crippen LogP contribution in [0.2, 0.25) is 5.02 Å². The van der Waals surface area contributed by atoms with E-state index in [4.69, 9.17) is 27.2 Å². The van der Waals surface area contributed by atoms with Crippen molar-refractivity contribution in [3.05, 3.63) is 59.3 Å². The van der Waals surface area contributed by atoms with Crippen molar-refractivity contribution in [2.45, 2.75) is 0 Å². The number of nitrogen functional groups attached to an aromatic ring is 1. The second-order valence-electron chi connectivity index (χ2n) is 4.52. The maximum Gasteiger partial charge on any atom is 0.193 e.